The van der Waals surface area contributed by atoms with Gasteiger partial charge in [0.15, 0.2) is 0 Å². The van der Waals surface area contributed by atoms with Crippen LogP contribution in [0.3, 0.4) is 0 Å². The smallest absolute Gasteiger partial charge is 0.410 e. The molecule has 1 aliphatic rings. The van der Waals surface area contributed by atoms with Gasteiger partial charge in [0, 0.05) is 31.4 Å². The molecule has 3 heterocycles. The number of esters is 1. The quantitative estimate of drug-likeness (QED) is 0.812. The Labute approximate surface area is 158 Å². The summed E-state index contributed by atoms with van der Waals surface area (Å²) in [5.41, 5.74) is 7.68. The SMILES string of the molecule is COC(=O)c1cc2nc(C3CCN(C(=O)OC(C)(C)C)CC3)cn2cc1N. The first-order chi connectivity index (χ1) is 12.7. The number of aromatic nitrogens is 2. The molecule has 1 aliphatic heterocycles. The summed E-state index contributed by atoms with van der Waals surface area (Å²) in [5, 5.41) is 0. The van der Waals surface area contributed by atoms with Crippen LogP contribution in [0.5, 0.6) is 0 Å². The number of likely N-dealkylation sites (tertiary alicyclic amines) is 1. The molecule has 3 rings (SSSR count). The Morgan fingerprint density at radius 1 is 1.22 bits per heavy atom. The molecule has 0 aromatic carbocycles. The van der Waals surface area contributed by atoms with E-state index in [1.807, 2.05) is 31.4 Å². The predicted molar refractivity (Wildman–Crippen MR) is 101 cm³/mol. The van der Waals surface area contributed by atoms with Crippen molar-refractivity contribution in [1.29, 1.82) is 0 Å². The van der Waals surface area contributed by atoms with Gasteiger partial charge in [-0.3, -0.25) is 0 Å². The molecule has 8 heteroatoms. The average molecular weight is 374 g/mol. The minimum Gasteiger partial charge on any atom is -0.465 e. The Morgan fingerprint density at radius 3 is 2.48 bits per heavy atom. The summed E-state index contributed by atoms with van der Waals surface area (Å²) in [6, 6.07) is 1.64. The second kappa shape index (κ2) is 7.09. The maximum Gasteiger partial charge on any atom is 0.410 e. The number of amides is 1. The van der Waals surface area contributed by atoms with Gasteiger partial charge in [-0.05, 0) is 39.7 Å². The highest BCUT2D eigenvalue weighted by Crippen LogP contribution is 2.29. The number of nitrogens with zero attached hydrogens (tertiary/aromatic N) is 3. The highest BCUT2D eigenvalue weighted by molar-refractivity contribution is 5.95. The molecule has 0 unspecified atom stereocenters. The third-order valence-corrected chi connectivity index (χ3v) is 4.61. The summed E-state index contributed by atoms with van der Waals surface area (Å²) in [7, 11) is 1.32. The molecular formula is C19H26N4O4. The molecule has 0 radical (unpaired) electrons. The van der Waals surface area contributed by atoms with Crippen molar-refractivity contribution in [2.75, 3.05) is 25.9 Å². The van der Waals surface area contributed by atoms with Crippen LogP contribution >= 0.6 is 0 Å². The molecule has 0 bridgehead atoms. The molecule has 8 nitrogen and oxygen atoms in total. The van der Waals surface area contributed by atoms with Crippen molar-refractivity contribution < 1.29 is 19.1 Å². The molecular weight excluding hydrogens is 348 g/mol. The number of ether oxygens (including phenoxy) is 2. The number of hydrogen-bond donors (Lipinski definition) is 1. The summed E-state index contributed by atoms with van der Waals surface area (Å²) in [4.78, 5) is 30.4. The van der Waals surface area contributed by atoms with E-state index in [0.29, 0.717) is 30.0 Å². The first-order valence-electron chi connectivity index (χ1n) is 9.02. The fourth-order valence-corrected chi connectivity index (χ4v) is 3.24. The average Bonchev–Trinajstić information content (AvgIpc) is 3.01. The second-order valence-corrected chi connectivity index (χ2v) is 7.81. The summed E-state index contributed by atoms with van der Waals surface area (Å²) in [6.07, 6.45) is 4.95. The summed E-state index contributed by atoms with van der Waals surface area (Å²) in [5.74, 6) is -0.239. The number of nitrogens with two attached hydrogens (primary N) is 1. The minimum atomic E-state index is -0.493. The molecule has 2 aromatic heterocycles. The Morgan fingerprint density at radius 2 is 1.89 bits per heavy atom. The lowest BCUT2D eigenvalue weighted by atomic mass is 9.94. The number of carbonyl (C=O) groups is 2. The van der Waals surface area contributed by atoms with E-state index in [1.54, 1.807) is 17.2 Å². The zero-order chi connectivity index (χ0) is 19.8. The van der Waals surface area contributed by atoms with E-state index >= 15 is 0 Å². The Kier molecular flexibility index (Phi) is 4.99. The molecule has 0 aliphatic carbocycles. The summed E-state index contributed by atoms with van der Waals surface area (Å²) < 4.78 is 12.0. The van der Waals surface area contributed by atoms with Crippen LogP contribution in [0.15, 0.2) is 18.5 Å². The van der Waals surface area contributed by atoms with E-state index in [4.69, 9.17) is 15.2 Å². The van der Waals surface area contributed by atoms with Crippen LogP contribution in [-0.4, -0.2) is 52.1 Å². The van der Waals surface area contributed by atoms with Gasteiger partial charge >= 0.3 is 12.1 Å². The zero-order valence-corrected chi connectivity index (χ0v) is 16.2. The number of fused-ring (bicyclic) bond motifs is 1. The van der Waals surface area contributed by atoms with E-state index in [0.717, 1.165) is 18.5 Å². The summed E-state index contributed by atoms with van der Waals surface area (Å²) in [6.45, 7) is 6.85. The van der Waals surface area contributed by atoms with Crippen LogP contribution in [0.25, 0.3) is 5.65 Å². The third kappa shape index (κ3) is 4.15. The van der Waals surface area contributed by atoms with E-state index < -0.39 is 11.6 Å². The number of piperidine rings is 1. The van der Waals surface area contributed by atoms with Crippen molar-refractivity contribution >= 4 is 23.4 Å². The Hall–Kier alpha value is -2.77. The van der Waals surface area contributed by atoms with Gasteiger partial charge in [-0.25, -0.2) is 14.6 Å². The number of rotatable bonds is 2. The molecule has 2 aromatic rings. The van der Waals surface area contributed by atoms with Crippen molar-refractivity contribution in [3.63, 3.8) is 0 Å². The van der Waals surface area contributed by atoms with Crippen molar-refractivity contribution in [2.24, 2.45) is 0 Å². The predicted octanol–water partition coefficient (Wildman–Crippen LogP) is 2.82. The van der Waals surface area contributed by atoms with Gasteiger partial charge in [-0.15, -0.1) is 0 Å². The largest absolute Gasteiger partial charge is 0.465 e. The molecule has 1 fully saturated rings. The lowest BCUT2D eigenvalue weighted by Gasteiger charge is -2.32. The van der Waals surface area contributed by atoms with Crippen LogP contribution in [0, 0.1) is 0 Å². The fourth-order valence-electron chi connectivity index (χ4n) is 3.24. The monoisotopic (exact) mass is 374 g/mol. The number of carbonyl (C=O) groups excluding carboxylic acids is 2. The topological polar surface area (TPSA) is 99.2 Å². The highest BCUT2D eigenvalue weighted by atomic mass is 16.6. The first kappa shape index (κ1) is 19.0. The number of methoxy groups -OCH3 is 1. The first-order valence-corrected chi connectivity index (χ1v) is 9.02. The number of nitrogen functional groups attached to an aromatic ring is 1. The van der Waals surface area contributed by atoms with Gasteiger partial charge in [-0.1, -0.05) is 0 Å². The van der Waals surface area contributed by atoms with Crippen LogP contribution in [0.4, 0.5) is 10.5 Å². The molecule has 2 N–H and O–H groups in total. The van der Waals surface area contributed by atoms with Crippen molar-refractivity contribution in [3.8, 4) is 0 Å². The Bertz CT molecular complexity index is 860. The fraction of sp³-hybridized carbons (Fsp3) is 0.526. The van der Waals surface area contributed by atoms with Gasteiger partial charge in [-0.2, -0.15) is 0 Å². The van der Waals surface area contributed by atoms with Gasteiger partial charge in [0.1, 0.15) is 11.2 Å². The van der Waals surface area contributed by atoms with Gasteiger partial charge in [0.25, 0.3) is 0 Å². The van der Waals surface area contributed by atoms with Crippen molar-refractivity contribution in [3.05, 3.63) is 29.7 Å². The van der Waals surface area contributed by atoms with Crippen molar-refractivity contribution in [1.82, 2.24) is 14.3 Å². The van der Waals surface area contributed by atoms with Gasteiger partial charge < -0.3 is 24.5 Å². The lowest BCUT2D eigenvalue weighted by molar-refractivity contribution is 0.0204. The van der Waals surface area contributed by atoms with E-state index in [2.05, 4.69) is 4.98 Å². The molecule has 1 amide bonds. The van der Waals surface area contributed by atoms with Gasteiger partial charge in [0.2, 0.25) is 0 Å². The number of hydrogen-bond acceptors (Lipinski definition) is 6. The number of anilines is 1. The maximum absolute atomic E-state index is 12.2. The van der Waals surface area contributed by atoms with Crippen LogP contribution in [-0.2, 0) is 9.47 Å². The van der Waals surface area contributed by atoms with E-state index in [9.17, 15) is 9.59 Å². The zero-order valence-electron chi connectivity index (χ0n) is 16.2. The van der Waals surface area contributed by atoms with Crippen LogP contribution in [0.1, 0.15) is 55.6 Å². The van der Waals surface area contributed by atoms with Crippen molar-refractivity contribution in [2.45, 2.75) is 45.1 Å². The number of pyridine rings is 1. The number of imidazole rings is 1. The lowest BCUT2D eigenvalue weighted by Crippen LogP contribution is -2.41. The van der Waals surface area contributed by atoms with E-state index in [-0.39, 0.29) is 12.0 Å². The second-order valence-electron chi connectivity index (χ2n) is 7.81. The molecule has 0 saturated carbocycles. The normalized spacial score (nSPS) is 15.8. The van der Waals surface area contributed by atoms with E-state index in [1.165, 1.54) is 7.11 Å². The highest BCUT2D eigenvalue weighted by Gasteiger charge is 2.28. The molecule has 27 heavy (non-hydrogen) atoms. The molecule has 0 atom stereocenters. The van der Waals surface area contributed by atoms with Gasteiger partial charge in [0.05, 0.1) is 24.1 Å². The van der Waals surface area contributed by atoms with Crippen LogP contribution < -0.4 is 5.73 Å². The summed E-state index contributed by atoms with van der Waals surface area (Å²) >= 11 is 0. The Balaban J connectivity index is 1.72. The molecule has 0 spiro atoms. The minimum absolute atomic E-state index is 0.242. The standard InChI is InChI=1S/C19H26N4O4/c1-19(2,3)27-18(25)22-7-5-12(6-8-22)15-11-23-10-14(20)13(17(24)26-4)9-16(23)21-15/h9-12H,5-8,20H2,1-4H3. The maximum atomic E-state index is 12.2. The van der Waals surface area contributed by atoms with Crippen LogP contribution in [0.2, 0.25) is 0 Å². The molecule has 146 valence electrons. The third-order valence-electron chi connectivity index (χ3n) is 4.61. The molecule has 1 saturated heterocycles.